The van der Waals surface area contributed by atoms with Gasteiger partial charge in [-0.3, -0.25) is 11.2 Å². The molecule has 0 unspecified atom stereocenters. The first-order valence-corrected chi connectivity index (χ1v) is 7.87. The Morgan fingerprint density at radius 2 is 1.86 bits per heavy atom. The number of carboxylic acid groups (broad SMARTS) is 1. The van der Waals surface area contributed by atoms with Gasteiger partial charge in [-0.25, -0.2) is 0 Å². The second-order valence-corrected chi connectivity index (χ2v) is 6.56. The normalized spacial score (nSPS) is 17.2. The minimum atomic E-state index is -0.681. The Hall–Kier alpha value is 0.0783. The van der Waals surface area contributed by atoms with E-state index >= 15 is 0 Å². The smallest absolute Gasteiger partial charge is 0.309 e. The number of rotatable bonds is 6. The van der Waals surface area contributed by atoms with Crippen molar-refractivity contribution in [3.05, 3.63) is 6.42 Å². The van der Waals surface area contributed by atoms with Crippen LogP contribution in [0.25, 0.3) is 0 Å². The van der Waals surface area contributed by atoms with Gasteiger partial charge in [0.1, 0.15) is 0 Å². The zero-order valence-corrected chi connectivity index (χ0v) is 16.0. The maximum atomic E-state index is 10.7. The van der Waals surface area contributed by atoms with Crippen molar-refractivity contribution in [3.8, 4) is 0 Å². The van der Waals surface area contributed by atoms with Crippen LogP contribution < -0.4 is 11.5 Å². The molecule has 1 aliphatic carbocycles. The molecule has 130 valence electrons. The van der Waals surface area contributed by atoms with Crippen LogP contribution in [0.15, 0.2) is 0 Å². The van der Waals surface area contributed by atoms with E-state index < -0.39 is 17.0 Å². The van der Waals surface area contributed by atoms with E-state index in [0.29, 0.717) is 0 Å². The first-order valence-electron chi connectivity index (χ1n) is 7.87. The zero-order valence-electron chi connectivity index (χ0n) is 13.8. The molecule has 1 aliphatic rings. The Kier molecular flexibility index (Phi) is 12.9. The van der Waals surface area contributed by atoms with Gasteiger partial charge in [-0.2, -0.15) is 6.42 Å². The molecule has 1 saturated carbocycles. The Bertz CT molecular complexity index is 273. The molecular formula is C16H33N2O2Pt-. The number of carbonyl (C=O) groups is 1. The van der Waals surface area contributed by atoms with Crippen molar-refractivity contribution in [1.29, 1.82) is 0 Å². The molecule has 0 amide bonds. The van der Waals surface area contributed by atoms with Gasteiger partial charge in [0.05, 0.1) is 5.41 Å². The third-order valence-corrected chi connectivity index (χ3v) is 3.82. The molecule has 0 aliphatic heterocycles. The molecule has 5 heteroatoms. The summed E-state index contributed by atoms with van der Waals surface area (Å²) < 4.78 is 0. The summed E-state index contributed by atoms with van der Waals surface area (Å²) in [6, 6.07) is 0. The van der Waals surface area contributed by atoms with E-state index in [4.69, 9.17) is 16.6 Å². The van der Waals surface area contributed by atoms with Crippen molar-refractivity contribution in [2.75, 3.05) is 0 Å². The van der Waals surface area contributed by atoms with Gasteiger partial charge in [0.2, 0.25) is 0 Å². The van der Waals surface area contributed by atoms with Crippen LogP contribution in [0.5, 0.6) is 0 Å². The summed E-state index contributed by atoms with van der Waals surface area (Å²) in [6.07, 6.45) is 11.9. The number of nitrogens with two attached hydrogens (primary N) is 2. The van der Waals surface area contributed by atoms with Crippen LogP contribution in [0.4, 0.5) is 0 Å². The van der Waals surface area contributed by atoms with Gasteiger partial charge < -0.3 is 16.6 Å². The van der Waals surface area contributed by atoms with Gasteiger partial charge in [0.15, 0.2) is 0 Å². The van der Waals surface area contributed by atoms with Crippen molar-refractivity contribution in [2.24, 2.45) is 16.9 Å². The van der Waals surface area contributed by atoms with Gasteiger partial charge in [-0.15, -0.1) is 0 Å². The van der Waals surface area contributed by atoms with Gasteiger partial charge in [-0.1, -0.05) is 57.5 Å². The second-order valence-electron chi connectivity index (χ2n) is 6.56. The van der Waals surface area contributed by atoms with Gasteiger partial charge >= 0.3 is 5.97 Å². The summed E-state index contributed by atoms with van der Waals surface area (Å²) in [6.45, 7) is 5.74. The molecular weight excluding hydrogens is 447 g/mol. The molecule has 1 rings (SSSR count). The molecule has 0 aromatic carbocycles. The fourth-order valence-electron chi connectivity index (χ4n) is 2.15. The van der Waals surface area contributed by atoms with Crippen molar-refractivity contribution in [1.82, 2.24) is 0 Å². The number of carboxylic acids is 1. The Morgan fingerprint density at radius 3 is 2.19 bits per heavy atom. The van der Waals surface area contributed by atoms with Crippen LogP contribution >= 0.6 is 0 Å². The average Bonchev–Trinajstić information content (AvgIpc) is 2.35. The van der Waals surface area contributed by atoms with E-state index in [9.17, 15) is 4.79 Å². The van der Waals surface area contributed by atoms with E-state index in [0.717, 1.165) is 32.1 Å². The SMILES string of the molecule is CCCCCCC(C)(C)C(=O)O.NC1(N)[CH-]CCCC1.[Pt]. The molecule has 0 aromatic heterocycles. The number of hydrogen-bond acceptors (Lipinski definition) is 3. The van der Waals surface area contributed by atoms with Crippen LogP contribution in [0.2, 0.25) is 0 Å². The fraction of sp³-hybridized carbons (Fsp3) is 0.875. The van der Waals surface area contributed by atoms with E-state index in [-0.39, 0.29) is 21.1 Å². The average molecular weight is 481 g/mol. The summed E-state index contributed by atoms with van der Waals surface area (Å²) in [4.78, 5) is 10.7. The third-order valence-electron chi connectivity index (χ3n) is 3.82. The van der Waals surface area contributed by atoms with Gasteiger partial charge in [0, 0.05) is 21.1 Å². The fourth-order valence-corrected chi connectivity index (χ4v) is 2.15. The van der Waals surface area contributed by atoms with Crippen LogP contribution in [-0.2, 0) is 25.9 Å². The van der Waals surface area contributed by atoms with Crippen LogP contribution in [0.1, 0.15) is 78.6 Å². The minimum absolute atomic E-state index is 0. The molecule has 0 spiro atoms. The zero-order chi connectivity index (χ0) is 15.6. The molecule has 0 heterocycles. The summed E-state index contributed by atoms with van der Waals surface area (Å²) in [5, 5.41) is 8.80. The molecule has 21 heavy (non-hydrogen) atoms. The summed E-state index contributed by atoms with van der Waals surface area (Å²) in [7, 11) is 0. The third kappa shape index (κ3) is 12.3. The second kappa shape index (κ2) is 11.6. The van der Waals surface area contributed by atoms with Crippen LogP contribution in [-0.4, -0.2) is 16.7 Å². The maximum absolute atomic E-state index is 10.7. The van der Waals surface area contributed by atoms with Crippen molar-refractivity contribution in [2.45, 2.75) is 84.2 Å². The topological polar surface area (TPSA) is 89.3 Å². The molecule has 0 aromatic rings. The molecule has 0 radical (unpaired) electrons. The molecule has 4 nitrogen and oxygen atoms in total. The predicted molar refractivity (Wildman–Crippen MR) is 84.0 cm³/mol. The number of aliphatic carboxylic acids is 1. The summed E-state index contributed by atoms with van der Waals surface area (Å²) in [5.74, 6) is -0.681. The largest absolute Gasteiger partial charge is 0.481 e. The Morgan fingerprint density at radius 1 is 1.24 bits per heavy atom. The number of unbranched alkanes of at least 4 members (excludes halogenated alkanes) is 3. The van der Waals surface area contributed by atoms with Crippen LogP contribution in [0.3, 0.4) is 0 Å². The van der Waals surface area contributed by atoms with E-state index in [1.54, 1.807) is 13.8 Å². The van der Waals surface area contributed by atoms with E-state index in [2.05, 4.69) is 6.92 Å². The minimum Gasteiger partial charge on any atom is -0.481 e. The molecule has 0 saturated heterocycles. The first-order chi connectivity index (χ1) is 9.21. The Balaban J connectivity index is 0. The molecule has 1 fully saturated rings. The van der Waals surface area contributed by atoms with E-state index in [1.165, 1.54) is 25.7 Å². The Labute approximate surface area is 144 Å². The predicted octanol–water partition coefficient (Wildman–Crippen LogP) is 3.44. The molecule has 0 bridgehead atoms. The van der Waals surface area contributed by atoms with Crippen molar-refractivity contribution in [3.63, 3.8) is 0 Å². The van der Waals surface area contributed by atoms with Crippen molar-refractivity contribution >= 4 is 5.97 Å². The molecule has 5 N–H and O–H groups in total. The quantitative estimate of drug-likeness (QED) is 0.309. The van der Waals surface area contributed by atoms with Gasteiger partial charge in [0.25, 0.3) is 0 Å². The summed E-state index contributed by atoms with van der Waals surface area (Å²) in [5.41, 5.74) is 10.2. The monoisotopic (exact) mass is 480 g/mol. The number of hydrogen-bond donors (Lipinski definition) is 3. The first kappa shape index (κ1) is 23.3. The summed E-state index contributed by atoms with van der Waals surface area (Å²) >= 11 is 0. The van der Waals surface area contributed by atoms with Crippen LogP contribution in [0, 0.1) is 11.8 Å². The van der Waals surface area contributed by atoms with Crippen molar-refractivity contribution < 1.29 is 31.0 Å². The van der Waals surface area contributed by atoms with E-state index in [1.807, 2.05) is 6.42 Å². The van der Waals surface area contributed by atoms with Gasteiger partial charge in [-0.05, 0) is 20.3 Å². The standard InChI is InChI=1S/C10H20O2.C6H13N2.Pt/c1-4-5-6-7-8-10(2,3)9(11)12;7-6(8)4-2-1-3-5-6;/h4-8H2,1-3H3,(H,11,12);4H,1-3,5,7-8H2;/q;-1;. The molecule has 0 atom stereocenters. The maximum Gasteiger partial charge on any atom is 0.309 e.